The SMILES string of the molecule is N.[Al].[Ga].[Sc]. The van der Waals surface area contributed by atoms with Crippen LogP contribution >= 0.6 is 0 Å². The van der Waals surface area contributed by atoms with Crippen molar-refractivity contribution in [3.05, 3.63) is 0 Å². The van der Waals surface area contributed by atoms with Crippen molar-refractivity contribution in [2.75, 3.05) is 0 Å². The van der Waals surface area contributed by atoms with Gasteiger partial charge in [-0.15, -0.1) is 0 Å². The van der Waals surface area contributed by atoms with Crippen LogP contribution in [0.25, 0.3) is 0 Å². The average molecular weight is 159 g/mol. The summed E-state index contributed by atoms with van der Waals surface area (Å²) >= 11 is 0. The van der Waals surface area contributed by atoms with Crippen LogP contribution in [0, 0.1) is 0 Å². The van der Waals surface area contributed by atoms with Crippen molar-refractivity contribution in [3.63, 3.8) is 0 Å². The fraction of sp³-hybridized carbons (Fsp3) is 0. The standard InChI is InChI=1S/Al.Ga.H3N.Sc/h;;1H3;. The monoisotopic (exact) mass is 158 g/mol. The van der Waals surface area contributed by atoms with Crippen molar-refractivity contribution in [2.45, 2.75) is 0 Å². The van der Waals surface area contributed by atoms with E-state index in [1.54, 1.807) is 0 Å². The second-order valence-electron chi connectivity index (χ2n) is 0. The Bertz CT molecular complexity index is 8.00. The van der Waals surface area contributed by atoms with E-state index < -0.39 is 0 Å². The molecule has 1 nitrogen and oxygen atoms in total. The summed E-state index contributed by atoms with van der Waals surface area (Å²) in [5, 5.41) is 0. The Labute approximate surface area is 68.5 Å². The zero-order valence-electron chi connectivity index (χ0n) is 2.44. The van der Waals surface area contributed by atoms with Crippen molar-refractivity contribution in [1.82, 2.24) is 6.15 Å². The Morgan fingerprint density at radius 2 is 1.00 bits per heavy atom. The van der Waals surface area contributed by atoms with E-state index >= 15 is 0 Å². The van der Waals surface area contributed by atoms with E-state index in [2.05, 4.69) is 0 Å². The van der Waals surface area contributed by atoms with E-state index in [1.165, 1.54) is 0 Å². The van der Waals surface area contributed by atoms with Gasteiger partial charge in [-0.05, 0) is 0 Å². The summed E-state index contributed by atoms with van der Waals surface area (Å²) in [6.45, 7) is 0. The van der Waals surface area contributed by atoms with Gasteiger partial charge in [-0.3, -0.25) is 0 Å². The summed E-state index contributed by atoms with van der Waals surface area (Å²) < 4.78 is 0. The minimum atomic E-state index is 0. The molecule has 0 spiro atoms. The van der Waals surface area contributed by atoms with Crippen LogP contribution in [0.4, 0.5) is 0 Å². The maximum absolute atomic E-state index is 0. The Morgan fingerprint density at radius 3 is 1.00 bits per heavy atom. The van der Waals surface area contributed by atoms with Crippen LogP contribution in [-0.4, -0.2) is 37.2 Å². The molecule has 0 unspecified atom stereocenters. The summed E-state index contributed by atoms with van der Waals surface area (Å²) in [6.07, 6.45) is 0. The van der Waals surface area contributed by atoms with Gasteiger partial charge in [0.1, 0.15) is 0 Å². The number of hydrogen-bond acceptors (Lipinski definition) is 1. The first-order chi connectivity index (χ1) is 0. The largest absolute Gasteiger partial charge is 0.344 e. The van der Waals surface area contributed by atoms with Crippen molar-refractivity contribution in [3.8, 4) is 0 Å². The molecule has 0 atom stereocenters. The molecule has 0 saturated carbocycles. The summed E-state index contributed by atoms with van der Waals surface area (Å²) in [5.41, 5.74) is 0. The second-order valence-corrected chi connectivity index (χ2v) is 0. The van der Waals surface area contributed by atoms with Gasteiger partial charge in [-0.2, -0.15) is 0 Å². The Hall–Kier alpha value is 2.00. The Kier molecular flexibility index (Phi) is 188. The first-order valence-corrected chi connectivity index (χ1v) is 0. The van der Waals surface area contributed by atoms with Crippen molar-refractivity contribution in [1.29, 1.82) is 0 Å². The van der Waals surface area contributed by atoms with Crippen LogP contribution in [-0.2, 0) is 25.8 Å². The molecule has 0 aromatic heterocycles. The van der Waals surface area contributed by atoms with Gasteiger partial charge in [0.25, 0.3) is 0 Å². The van der Waals surface area contributed by atoms with Crippen LogP contribution in [0.3, 0.4) is 0 Å². The predicted octanol–water partition coefficient (Wildman–Crippen LogP) is -0.602. The van der Waals surface area contributed by atoms with Crippen molar-refractivity contribution >= 4 is 37.2 Å². The average Bonchev–Trinajstić information content (AvgIpc) is 0. The zero-order chi connectivity index (χ0) is 0. The third-order valence-electron chi connectivity index (χ3n) is 0. The fourth-order valence-corrected chi connectivity index (χ4v) is 0. The maximum Gasteiger partial charge on any atom is 0 e. The molecule has 3 N–H and O–H groups in total. The van der Waals surface area contributed by atoms with E-state index in [0.29, 0.717) is 0 Å². The van der Waals surface area contributed by atoms with E-state index in [9.17, 15) is 0 Å². The van der Waals surface area contributed by atoms with Gasteiger partial charge in [0, 0.05) is 63.0 Å². The van der Waals surface area contributed by atoms with Gasteiger partial charge in [0.05, 0.1) is 0 Å². The van der Waals surface area contributed by atoms with Crippen LogP contribution in [0.2, 0.25) is 0 Å². The van der Waals surface area contributed by atoms with Gasteiger partial charge >= 0.3 is 0 Å². The van der Waals surface area contributed by atoms with Gasteiger partial charge in [-0.1, -0.05) is 0 Å². The quantitative estimate of drug-likeness (QED) is 0.470. The molecule has 0 bridgehead atoms. The molecule has 0 amide bonds. The molecular weight excluding hydrogens is 156 g/mol. The molecule has 0 rings (SSSR count). The Morgan fingerprint density at radius 1 is 1.00 bits per heavy atom. The third kappa shape index (κ3) is 9.00. The van der Waals surface area contributed by atoms with E-state index in [4.69, 9.17) is 0 Å². The normalized spacial score (nSPS) is 0. The number of hydrogen-bond donors (Lipinski definition) is 1. The zero-order valence-corrected chi connectivity index (χ0v) is 7.82. The van der Waals surface area contributed by atoms with Gasteiger partial charge in [-0.25, -0.2) is 0 Å². The summed E-state index contributed by atoms with van der Waals surface area (Å²) in [7, 11) is 0. The van der Waals surface area contributed by atoms with Crippen LogP contribution < -0.4 is 6.15 Å². The van der Waals surface area contributed by atoms with Crippen LogP contribution in [0.5, 0.6) is 0 Å². The van der Waals surface area contributed by atoms with Crippen LogP contribution in [0.1, 0.15) is 0 Å². The first kappa shape index (κ1) is 37.5. The molecule has 4 heavy (non-hydrogen) atoms. The van der Waals surface area contributed by atoms with Gasteiger partial charge in [0.15, 0.2) is 0 Å². The molecule has 0 fully saturated rings. The summed E-state index contributed by atoms with van der Waals surface area (Å²) in [5.74, 6) is 0. The minimum absolute atomic E-state index is 0. The molecule has 17 valence electrons. The first-order valence-electron chi connectivity index (χ1n) is 0. The molecule has 0 aliphatic heterocycles. The van der Waals surface area contributed by atoms with Crippen molar-refractivity contribution in [2.24, 2.45) is 0 Å². The van der Waals surface area contributed by atoms with E-state index in [0.717, 1.165) is 0 Å². The maximum atomic E-state index is 0. The van der Waals surface area contributed by atoms with E-state index in [1.807, 2.05) is 0 Å². The molecule has 0 aliphatic carbocycles. The molecule has 0 saturated heterocycles. The van der Waals surface area contributed by atoms with Crippen LogP contribution in [0.15, 0.2) is 0 Å². The molecule has 0 heterocycles. The smallest absolute Gasteiger partial charge is 0 e. The second kappa shape index (κ2) is 20.0. The molecule has 0 aliphatic rings. The Balaban J connectivity index is 0. The third-order valence-corrected chi connectivity index (χ3v) is 0. The summed E-state index contributed by atoms with van der Waals surface area (Å²) in [4.78, 5) is 0. The molecule has 0 aromatic carbocycles. The molecular formula is H3AlGaNSc. The van der Waals surface area contributed by atoms with Crippen molar-refractivity contribution < 1.29 is 25.8 Å². The topological polar surface area (TPSA) is 35.0 Å². The van der Waals surface area contributed by atoms with Gasteiger partial charge < -0.3 is 6.15 Å². The number of rotatable bonds is 0. The molecule has 0 aromatic rings. The van der Waals surface area contributed by atoms with E-state index in [-0.39, 0.29) is 69.1 Å². The predicted molar refractivity (Wildman–Crippen MR) is 16.5 cm³/mol. The molecule has 7 radical (unpaired) electrons. The van der Waals surface area contributed by atoms with Gasteiger partial charge in [0.2, 0.25) is 0 Å². The minimum Gasteiger partial charge on any atom is -0.344 e. The fourth-order valence-electron chi connectivity index (χ4n) is 0. The summed E-state index contributed by atoms with van der Waals surface area (Å²) in [6, 6.07) is 0. The molecule has 4 heteroatoms.